The van der Waals surface area contributed by atoms with Crippen molar-refractivity contribution in [1.82, 2.24) is 24.4 Å². The van der Waals surface area contributed by atoms with E-state index in [1.165, 1.54) is 4.52 Å². The average Bonchev–Trinajstić information content (AvgIpc) is 3.69. The van der Waals surface area contributed by atoms with Gasteiger partial charge in [-0.3, -0.25) is 19.0 Å². The number of nitrogens with one attached hydrogen (secondary N) is 1. The van der Waals surface area contributed by atoms with Gasteiger partial charge >= 0.3 is 0 Å². The van der Waals surface area contributed by atoms with Crippen LogP contribution in [0.1, 0.15) is 67.8 Å². The third kappa shape index (κ3) is 3.87. The SMILES string of the molecule is CC1(Cn2c(O)c(C(=O)NC3CC3)c(=O)n3ncc(CCC(=O)N4CC5CCC(C4)O5)c23)CC1. The fourth-order valence-corrected chi connectivity index (χ4v) is 5.23. The second kappa shape index (κ2) is 7.83. The summed E-state index contributed by atoms with van der Waals surface area (Å²) in [6.07, 6.45) is 8.34. The highest BCUT2D eigenvalue weighted by atomic mass is 16.5. The van der Waals surface area contributed by atoms with Crippen LogP contribution in [-0.2, 0) is 22.5 Å². The Morgan fingerprint density at radius 3 is 2.56 bits per heavy atom. The summed E-state index contributed by atoms with van der Waals surface area (Å²) >= 11 is 0. The lowest BCUT2D eigenvalue weighted by molar-refractivity contribution is -0.139. The average molecular weight is 470 g/mol. The summed E-state index contributed by atoms with van der Waals surface area (Å²) in [5, 5.41) is 18.2. The van der Waals surface area contributed by atoms with E-state index in [9.17, 15) is 19.5 Å². The molecule has 2 bridgehead atoms. The fraction of sp³-hybridized carbons (Fsp3) is 0.667. The van der Waals surface area contributed by atoms with Crippen LogP contribution >= 0.6 is 0 Å². The number of hydrogen-bond acceptors (Lipinski definition) is 6. The molecule has 2 aliphatic carbocycles. The number of nitrogens with zero attached hydrogens (tertiary/aromatic N) is 4. The van der Waals surface area contributed by atoms with Crippen molar-refractivity contribution in [1.29, 1.82) is 0 Å². The first kappa shape index (κ1) is 21.6. The summed E-state index contributed by atoms with van der Waals surface area (Å²) < 4.78 is 8.69. The molecule has 10 nitrogen and oxygen atoms in total. The lowest BCUT2D eigenvalue weighted by atomic mass is 10.1. The molecule has 0 aromatic carbocycles. The maximum absolute atomic E-state index is 13.2. The predicted octanol–water partition coefficient (Wildman–Crippen LogP) is 1.22. The summed E-state index contributed by atoms with van der Waals surface area (Å²) in [6.45, 7) is 3.86. The van der Waals surface area contributed by atoms with Crippen molar-refractivity contribution in [3.63, 3.8) is 0 Å². The number of hydrogen-bond donors (Lipinski definition) is 2. The molecule has 4 aliphatic rings. The minimum absolute atomic E-state index is 0.00170. The Kier molecular flexibility index (Phi) is 4.98. The standard InChI is InChI=1S/C24H31N5O5/c1-24(8-9-24)13-28-21-14(2-7-18(30)27-11-16-5-6-17(12-27)34-16)10-25-29(21)23(33)19(22(28)32)20(31)26-15-3-4-15/h10,15-17,32H,2-9,11-13H2,1H3,(H,26,31). The molecule has 4 heterocycles. The van der Waals surface area contributed by atoms with Gasteiger partial charge in [0.1, 0.15) is 5.65 Å². The number of aromatic hydroxyl groups is 1. The molecule has 2 N–H and O–H groups in total. The van der Waals surface area contributed by atoms with Gasteiger partial charge in [-0.2, -0.15) is 9.61 Å². The van der Waals surface area contributed by atoms with Crippen LogP contribution in [0.5, 0.6) is 5.88 Å². The molecule has 4 fully saturated rings. The van der Waals surface area contributed by atoms with Crippen molar-refractivity contribution < 1.29 is 19.4 Å². The molecular formula is C24H31N5O5. The molecule has 2 atom stereocenters. The number of morpholine rings is 1. The first-order valence-corrected chi connectivity index (χ1v) is 12.4. The van der Waals surface area contributed by atoms with Crippen molar-refractivity contribution in [2.24, 2.45) is 5.41 Å². The molecule has 10 heteroatoms. The second-order valence-electron chi connectivity index (χ2n) is 10.8. The van der Waals surface area contributed by atoms with Crippen LogP contribution in [0.15, 0.2) is 11.0 Å². The third-order valence-electron chi connectivity index (χ3n) is 7.75. The highest BCUT2D eigenvalue weighted by Crippen LogP contribution is 2.47. The smallest absolute Gasteiger partial charge is 0.291 e. The Hall–Kier alpha value is -2.88. The molecule has 2 saturated heterocycles. The summed E-state index contributed by atoms with van der Waals surface area (Å²) in [5.74, 6) is -0.815. The summed E-state index contributed by atoms with van der Waals surface area (Å²) in [4.78, 5) is 40.8. The molecule has 2 saturated carbocycles. The van der Waals surface area contributed by atoms with E-state index in [0.717, 1.165) is 44.1 Å². The van der Waals surface area contributed by atoms with Gasteiger partial charge in [0, 0.05) is 37.7 Å². The molecule has 0 radical (unpaired) electrons. The zero-order chi connectivity index (χ0) is 23.6. The monoisotopic (exact) mass is 469 g/mol. The molecule has 2 amide bonds. The van der Waals surface area contributed by atoms with Gasteiger partial charge in [0.05, 0.1) is 18.4 Å². The maximum atomic E-state index is 13.2. The number of ether oxygens (including phenoxy) is 1. The predicted molar refractivity (Wildman–Crippen MR) is 122 cm³/mol. The van der Waals surface area contributed by atoms with E-state index in [4.69, 9.17) is 4.74 Å². The second-order valence-corrected chi connectivity index (χ2v) is 10.8. The number of aromatic nitrogens is 3. The van der Waals surface area contributed by atoms with E-state index in [0.29, 0.717) is 31.7 Å². The molecule has 6 rings (SSSR count). The number of amides is 2. The summed E-state index contributed by atoms with van der Waals surface area (Å²) in [6, 6.07) is 0.0611. The van der Waals surface area contributed by atoms with Gasteiger partial charge in [0.2, 0.25) is 11.8 Å². The van der Waals surface area contributed by atoms with Crippen molar-refractivity contribution in [2.45, 2.75) is 83.1 Å². The molecular weight excluding hydrogens is 438 g/mol. The third-order valence-corrected chi connectivity index (χ3v) is 7.75. The number of likely N-dealkylation sites (tertiary alicyclic amines) is 1. The normalized spacial score (nSPS) is 25.0. The summed E-state index contributed by atoms with van der Waals surface area (Å²) in [7, 11) is 0. The molecule has 182 valence electrons. The number of rotatable bonds is 7. The lowest BCUT2D eigenvalue weighted by Crippen LogP contribution is -2.45. The zero-order valence-electron chi connectivity index (χ0n) is 19.5. The fourth-order valence-electron chi connectivity index (χ4n) is 5.23. The topological polar surface area (TPSA) is 118 Å². The number of aryl methyl sites for hydroxylation is 1. The highest BCUT2D eigenvalue weighted by molar-refractivity contribution is 5.96. The Labute approximate surface area is 196 Å². The highest BCUT2D eigenvalue weighted by Gasteiger charge is 2.40. The lowest BCUT2D eigenvalue weighted by Gasteiger charge is -2.32. The van der Waals surface area contributed by atoms with E-state index in [1.54, 1.807) is 10.8 Å². The van der Waals surface area contributed by atoms with Gasteiger partial charge in [0.15, 0.2) is 5.56 Å². The minimum Gasteiger partial charge on any atom is -0.494 e. The van der Waals surface area contributed by atoms with E-state index >= 15 is 0 Å². The molecule has 2 aromatic rings. The van der Waals surface area contributed by atoms with Gasteiger partial charge < -0.3 is 20.1 Å². The zero-order valence-corrected chi connectivity index (χ0v) is 19.5. The molecule has 34 heavy (non-hydrogen) atoms. The van der Waals surface area contributed by atoms with Crippen LogP contribution < -0.4 is 10.9 Å². The molecule has 2 aromatic heterocycles. The maximum Gasteiger partial charge on any atom is 0.291 e. The van der Waals surface area contributed by atoms with E-state index < -0.39 is 11.5 Å². The van der Waals surface area contributed by atoms with Crippen LogP contribution in [-0.4, -0.2) is 67.3 Å². The van der Waals surface area contributed by atoms with E-state index in [2.05, 4.69) is 17.3 Å². The number of carbonyl (C=O) groups excluding carboxylic acids is 2. The van der Waals surface area contributed by atoms with Crippen LogP contribution in [0.4, 0.5) is 0 Å². The van der Waals surface area contributed by atoms with Crippen LogP contribution in [0.2, 0.25) is 0 Å². The molecule has 2 aliphatic heterocycles. The van der Waals surface area contributed by atoms with Crippen molar-refractivity contribution in [2.75, 3.05) is 13.1 Å². The largest absolute Gasteiger partial charge is 0.494 e. The van der Waals surface area contributed by atoms with Crippen LogP contribution in [0.25, 0.3) is 5.65 Å². The van der Waals surface area contributed by atoms with Gasteiger partial charge in [-0.15, -0.1) is 0 Å². The molecule has 2 unspecified atom stereocenters. The van der Waals surface area contributed by atoms with Crippen LogP contribution in [0.3, 0.4) is 0 Å². The van der Waals surface area contributed by atoms with Crippen LogP contribution in [0, 0.1) is 5.41 Å². The van der Waals surface area contributed by atoms with Gasteiger partial charge in [-0.25, -0.2) is 0 Å². The minimum atomic E-state index is -0.634. The Morgan fingerprint density at radius 1 is 1.21 bits per heavy atom. The Balaban J connectivity index is 1.31. The first-order valence-electron chi connectivity index (χ1n) is 12.4. The molecule has 0 spiro atoms. The van der Waals surface area contributed by atoms with Gasteiger partial charge in [-0.1, -0.05) is 6.92 Å². The number of fused-ring (bicyclic) bond motifs is 3. The van der Waals surface area contributed by atoms with Gasteiger partial charge in [0.25, 0.3) is 11.5 Å². The van der Waals surface area contributed by atoms with Crippen molar-refractivity contribution in [3.8, 4) is 5.88 Å². The number of carbonyl (C=O) groups is 2. The summed E-state index contributed by atoms with van der Waals surface area (Å²) in [5.41, 5.74) is 0.286. The Bertz CT molecular complexity index is 1210. The van der Waals surface area contributed by atoms with E-state index in [-0.39, 0.29) is 47.4 Å². The quantitative estimate of drug-likeness (QED) is 0.630. The van der Waals surface area contributed by atoms with Gasteiger partial charge in [-0.05, 0) is 50.4 Å². The van der Waals surface area contributed by atoms with Crippen molar-refractivity contribution >= 4 is 17.5 Å². The van der Waals surface area contributed by atoms with E-state index in [1.807, 2.05) is 4.90 Å². The Morgan fingerprint density at radius 2 is 1.91 bits per heavy atom. The van der Waals surface area contributed by atoms with Crippen molar-refractivity contribution in [3.05, 3.63) is 27.7 Å². The first-order chi connectivity index (χ1) is 16.3.